The third kappa shape index (κ3) is 4.46. The Morgan fingerprint density at radius 3 is 2.57 bits per heavy atom. The average Bonchev–Trinajstić information content (AvgIpc) is 3.22. The minimum Gasteiger partial charge on any atom is -0.505 e. The zero-order valence-corrected chi connectivity index (χ0v) is 21.0. The monoisotopic (exact) mass is 533 g/mol. The van der Waals surface area contributed by atoms with E-state index in [1.54, 1.807) is 31.4 Å². The van der Waals surface area contributed by atoms with Crippen LogP contribution in [0.5, 0.6) is 5.75 Å². The predicted molar refractivity (Wildman–Crippen MR) is 133 cm³/mol. The van der Waals surface area contributed by atoms with E-state index < -0.39 is 34.4 Å². The number of aryl methyl sites for hydroxylation is 1. The molecule has 8 nitrogen and oxygen atoms in total. The van der Waals surface area contributed by atoms with Crippen LogP contribution in [0.4, 0.5) is 23.5 Å². The molecule has 37 heavy (non-hydrogen) atoms. The summed E-state index contributed by atoms with van der Waals surface area (Å²) in [6, 6.07) is 4.67. The minimum absolute atomic E-state index is 0.0681. The van der Waals surface area contributed by atoms with Crippen molar-refractivity contribution in [1.29, 1.82) is 0 Å². The van der Waals surface area contributed by atoms with Crippen molar-refractivity contribution in [3.63, 3.8) is 0 Å². The van der Waals surface area contributed by atoms with Crippen molar-refractivity contribution in [3.8, 4) is 17.0 Å². The maximum Gasteiger partial charge on any atom is 0.416 e. The van der Waals surface area contributed by atoms with Crippen LogP contribution < -0.4 is 4.90 Å². The molecule has 3 aromatic heterocycles. The van der Waals surface area contributed by atoms with Gasteiger partial charge in [0.05, 0.1) is 17.0 Å². The second kappa shape index (κ2) is 9.45. The van der Waals surface area contributed by atoms with Gasteiger partial charge in [-0.25, -0.2) is 18.4 Å². The summed E-state index contributed by atoms with van der Waals surface area (Å²) in [7, 11) is 1.57. The number of anilines is 1. The molecule has 0 spiro atoms. The molecule has 0 radical (unpaired) electrons. The molecule has 194 valence electrons. The smallest absolute Gasteiger partial charge is 0.416 e. The molecule has 5 rings (SSSR count). The van der Waals surface area contributed by atoms with E-state index in [2.05, 4.69) is 24.4 Å². The molecule has 0 saturated carbocycles. The lowest BCUT2D eigenvalue weighted by atomic mass is 9.99. The summed E-state index contributed by atoms with van der Waals surface area (Å²) >= 11 is 1.65. The van der Waals surface area contributed by atoms with Crippen molar-refractivity contribution in [2.75, 3.05) is 30.8 Å². The van der Waals surface area contributed by atoms with Gasteiger partial charge in [-0.3, -0.25) is 4.98 Å². The number of fused-ring (bicyclic) bond motifs is 1. The Morgan fingerprint density at radius 2 is 1.89 bits per heavy atom. The van der Waals surface area contributed by atoms with Gasteiger partial charge in [-0.05, 0) is 36.9 Å². The summed E-state index contributed by atoms with van der Waals surface area (Å²) < 4.78 is 59.3. The Bertz CT molecular complexity index is 1460. The fraction of sp³-hybridized carbons (Fsp3) is 0.333. The number of benzene rings is 1. The summed E-state index contributed by atoms with van der Waals surface area (Å²) in [5, 5.41) is 14.6. The molecule has 4 heterocycles. The predicted octanol–water partition coefficient (Wildman–Crippen LogP) is 4.74. The highest BCUT2D eigenvalue weighted by Crippen LogP contribution is 2.42. The molecular formula is C24H23F4N7OS. The zero-order chi connectivity index (χ0) is 26.5. The van der Waals surface area contributed by atoms with Crippen LogP contribution in [0.3, 0.4) is 0 Å². The van der Waals surface area contributed by atoms with E-state index >= 15 is 0 Å². The van der Waals surface area contributed by atoms with Gasteiger partial charge in [-0.15, -0.1) is 0 Å². The Balaban J connectivity index is 1.54. The number of nitrogens with zero attached hydrogens (tertiary/aromatic N) is 7. The standard InChI is InChI=1S/C24H23F4N7OS/c1-13-17(24(26,27)28)10-15(19(25)21(13)36)20-16-11-30-23(31-22(16)33(2)32-20)34-8-9-35(37-3)18(12-34)14-4-6-29-7-5-14/h4-7,10-11,18,36H,8-9,12H2,1-3H3. The highest BCUT2D eigenvalue weighted by atomic mass is 32.2. The largest absolute Gasteiger partial charge is 0.505 e. The number of alkyl halides is 3. The maximum absolute atomic E-state index is 15.0. The maximum atomic E-state index is 15.0. The topological polar surface area (TPSA) is 83.2 Å². The zero-order valence-electron chi connectivity index (χ0n) is 20.2. The highest BCUT2D eigenvalue weighted by molar-refractivity contribution is 7.96. The summed E-state index contributed by atoms with van der Waals surface area (Å²) in [5.74, 6) is -1.80. The first-order valence-corrected chi connectivity index (χ1v) is 12.5. The Hall–Kier alpha value is -3.45. The van der Waals surface area contributed by atoms with E-state index in [1.165, 1.54) is 10.9 Å². The first-order valence-electron chi connectivity index (χ1n) is 11.3. The summed E-state index contributed by atoms with van der Waals surface area (Å²) in [6.45, 7) is 3.04. The number of phenols is 1. The second-order valence-corrected chi connectivity index (χ2v) is 9.54. The second-order valence-electron chi connectivity index (χ2n) is 8.70. The fourth-order valence-electron chi connectivity index (χ4n) is 4.61. The molecule has 13 heteroatoms. The summed E-state index contributed by atoms with van der Waals surface area (Å²) in [5.41, 5.74) is -0.825. The lowest BCUT2D eigenvalue weighted by Crippen LogP contribution is -2.46. The van der Waals surface area contributed by atoms with Crippen molar-refractivity contribution >= 4 is 28.9 Å². The van der Waals surface area contributed by atoms with Gasteiger partial charge in [0, 0.05) is 56.4 Å². The lowest BCUT2D eigenvalue weighted by Gasteiger charge is -2.40. The number of hydrogen-bond donors (Lipinski definition) is 1. The molecule has 0 amide bonds. The van der Waals surface area contributed by atoms with Crippen LogP contribution in [-0.4, -0.2) is 60.0 Å². The Labute approximate surface area is 214 Å². The van der Waals surface area contributed by atoms with E-state index in [0.717, 1.165) is 19.0 Å². The normalized spacial score (nSPS) is 17.1. The van der Waals surface area contributed by atoms with Crippen LogP contribution in [0.15, 0.2) is 36.8 Å². The van der Waals surface area contributed by atoms with Crippen LogP contribution in [0.1, 0.15) is 22.7 Å². The molecule has 0 bridgehead atoms. The molecule has 1 aromatic carbocycles. The van der Waals surface area contributed by atoms with Crippen LogP contribution in [0.25, 0.3) is 22.3 Å². The quantitative estimate of drug-likeness (QED) is 0.298. The molecule has 1 saturated heterocycles. The van der Waals surface area contributed by atoms with Crippen molar-refractivity contribution < 1.29 is 22.7 Å². The van der Waals surface area contributed by atoms with Crippen molar-refractivity contribution in [1.82, 2.24) is 29.0 Å². The molecule has 1 N–H and O–H groups in total. The molecule has 1 aliphatic rings. The van der Waals surface area contributed by atoms with Crippen LogP contribution in [0, 0.1) is 12.7 Å². The number of phenolic OH excluding ortho intramolecular Hbond substituents is 1. The van der Waals surface area contributed by atoms with E-state index in [-0.39, 0.29) is 17.1 Å². The molecule has 0 aliphatic carbocycles. The minimum atomic E-state index is -4.78. The third-order valence-electron chi connectivity index (χ3n) is 6.56. The Kier molecular flexibility index (Phi) is 6.44. The molecule has 1 aliphatic heterocycles. The third-order valence-corrected chi connectivity index (χ3v) is 7.47. The lowest BCUT2D eigenvalue weighted by molar-refractivity contribution is -0.138. The SMILES string of the molecule is CSN1CCN(c2ncc3c(-c4cc(C(F)(F)F)c(C)c(O)c4F)nn(C)c3n2)CC1c1ccncc1. The number of aromatic hydroxyl groups is 1. The number of hydrogen-bond acceptors (Lipinski definition) is 8. The summed E-state index contributed by atoms with van der Waals surface area (Å²) in [4.78, 5) is 15.2. The van der Waals surface area contributed by atoms with Gasteiger partial charge >= 0.3 is 6.18 Å². The van der Waals surface area contributed by atoms with Gasteiger partial charge in [0.25, 0.3) is 0 Å². The number of piperazine rings is 1. The highest BCUT2D eigenvalue weighted by Gasteiger charge is 2.36. The van der Waals surface area contributed by atoms with Gasteiger partial charge in [0.2, 0.25) is 5.95 Å². The molecule has 1 atom stereocenters. The van der Waals surface area contributed by atoms with Crippen molar-refractivity contribution in [3.05, 3.63) is 59.3 Å². The van der Waals surface area contributed by atoms with Gasteiger partial charge in [0.15, 0.2) is 17.2 Å². The van der Waals surface area contributed by atoms with E-state index in [9.17, 15) is 22.7 Å². The molecular weight excluding hydrogens is 510 g/mol. The van der Waals surface area contributed by atoms with Gasteiger partial charge < -0.3 is 10.0 Å². The van der Waals surface area contributed by atoms with E-state index in [4.69, 9.17) is 0 Å². The van der Waals surface area contributed by atoms with Gasteiger partial charge in [-0.2, -0.15) is 23.3 Å². The van der Waals surface area contributed by atoms with E-state index in [1.807, 2.05) is 23.3 Å². The van der Waals surface area contributed by atoms with Crippen LogP contribution in [-0.2, 0) is 13.2 Å². The fourth-order valence-corrected chi connectivity index (χ4v) is 5.31. The molecule has 1 unspecified atom stereocenters. The van der Waals surface area contributed by atoms with Crippen molar-refractivity contribution in [2.45, 2.75) is 19.1 Å². The first kappa shape index (κ1) is 25.2. The molecule has 4 aromatic rings. The molecule has 1 fully saturated rings. The summed E-state index contributed by atoms with van der Waals surface area (Å²) in [6.07, 6.45) is 2.18. The average molecular weight is 534 g/mol. The number of rotatable bonds is 4. The van der Waals surface area contributed by atoms with Crippen LogP contribution in [0.2, 0.25) is 0 Å². The number of pyridine rings is 1. The first-order chi connectivity index (χ1) is 17.6. The number of halogens is 4. The van der Waals surface area contributed by atoms with E-state index in [0.29, 0.717) is 30.8 Å². The van der Waals surface area contributed by atoms with Gasteiger partial charge in [-0.1, -0.05) is 11.9 Å². The number of aromatic nitrogens is 5. The van der Waals surface area contributed by atoms with Crippen molar-refractivity contribution in [2.24, 2.45) is 7.05 Å². The Morgan fingerprint density at radius 1 is 1.16 bits per heavy atom. The van der Waals surface area contributed by atoms with Crippen LogP contribution >= 0.6 is 11.9 Å². The van der Waals surface area contributed by atoms with Gasteiger partial charge in [0.1, 0.15) is 5.69 Å².